The van der Waals surface area contributed by atoms with Crippen molar-refractivity contribution < 1.29 is 9.09 Å². The fourth-order valence-corrected chi connectivity index (χ4v) is 2.49. The Morgan fingerprint density at radius 1 is 1.06 bits per heavy atom. The van der Waals surface area contributed by atoms with Gasteiger partial charge in [-0.25, -0.2) is 0 Å². The molecule has 0 aliphatic carbocycles. The van der Waals surface area contributed by atoms with Crippen LogP contribution < -0.4 is 5.30 Å². The highest BCUT2D eigenvalue weighted by molar-refractivity contribution is 7.48. The summed E-state index contributed by atoms with van der Waals surface area (Å²) < 4.78 is 17.1. The molecule has 0 heterocycles. The van der Waals surface area contributed by atoms with E-state index in [-0.39, 0.29) is 0 Å². The molecule has 0 saturated carbocycles. The lowest BCUT2D eigenvalue weighted by molar-refractivity contribution is 0.321. The molecule has 1 aromatic carbocycles. The summed E-state index contributed by atoms with van der Waals surface area (Å²) in [5, 5.41) is 0.820. The molecule has 0 aliphatic rings. The van der Waals surface area contributed by atoms with Gasteiger partial charge in [-0.2, -0.15) is 0 Å². The van der Waals surface area contributed by atoms with Crippen LogP contribution in [0.2, 0.25) is 0 Å². The minimum atomic E-state index is -2.01. The van der Waals surface area contributed by atoms with Gasteiger partial charge >= 0.3 is 0 Å². The summed E-state index contributed by atoms with van der Waals surface area (Å²) >= 11 is 0. The van der Waals surface area contributed by atoms with Crippen LogP contribution in [0.5, 0.6) is 0 Å². The molecule has 0 saturated heterocycles. The van der Waals surface area contributed by atoms with Gasteiger partial charge in [0.15, 0.2) is 0 Å². The molecular weight excluding hydrogens is 219 g/mol. The summed E-state index contributed by atoms with van der Waals surface area (Å²) in [4.78, 5) is 0. The van der Waals surface area contributed by atoms with Gasteiger partial charge in [0.05, 0.1) is 6.61 Å². The lowest BCUT2D eigenvalue weighted by Crippen LogP contribution is -1.98. The van der Waals surface area contributed by atoms with Crippen molar-refractivity contribution >= 4 is 13.3 Å². The van der Waals surface area contributed by atoms with Crippen LogP contribution in [0.1, 0.15) is 39.0 Å². The van der Waals surface area contributed by atoms with Gasteiger partial charge in [-0.15, -0.1) is 0 Å². The van der Waals surface area contributed by atoms with E-state index in [0.29, 0.717) is 6.61 Å². The van der Waals surface area contributed by atoms with Crippen LogP contribution in [-0.4, -0.2) is 6.61 Å². The molecule has 0 bridgehead atoms. The van der Waals surface area contributed by atoms with E-state index in [2.05, 4.69) is 6.92 Å². The smallest absolute Gasteiger partial charge is 0.220 e. The summed E-state index contributed by atoms with van der Waals surface area (Å²) in [6, 6.07) is 9.42. The largest absolute Gasteiger partial charge is 0.327 e. The molecule has 1 aromatic rings. The number of unbranched alkanes of at least 4 members (excludes halogenated alkanes) is 4. The van der Waals surface area contributed by atoms with Crippen LogP contribution in [0, 0.1) is 0 Å². The van der Waals surface area contributed by atoms with Crippen LogP contribution in [0.4, 0.5) is 0 Å². The van der Waals surface area contributed by atoms with Gasteiger partial charge in [0, 0.05) is 5.30 Å². The normalized spacial score (nSPS) is 12.6. The van der Waals surface area contributed by atoms with Crippen molar-refractivity contribution in [2.24, 2.45) is 0 Å². The zero-order valence-corrected chi connectivity index (χ0v) is 10.9. The van der Waals surface area contributed by atoms with Crippen molar-refractivity contribution in [1.29, 1.82) is 0 Å². The first-order chi connectivity index (χ1) is 7.84. The third-order valence-electron chi connectivity index (χ3n) is 2.49. The average molecular weight is 240 g/mol. The van der Waals surface area contributed by atoms with E-state index in [4.69, 9.17) is 4.52 Å². The zero-order valence-electron chi connectivity index (χ0n) is 9.95. The Hall–Kier alpha value is -0.590. The Balaban J connectivity index is 2.12. The second kappa shape index (κ2) is 8.55. The molecule has 0 fully saturated rings. The second-order valence-electron chi connectivity index (χ2n) is 3.92. The molecule has 1 unspecified atom stereocenters. The minimum Gasteiger partial charge on any atom is -0.327 e. The Labute approximate surface area is 98.9 Å². The SMILES string of the molecule is CCCCCCCO[PH](=O)c1ccccc1. The molecule has 0 amide bonds. The highest BCUT2D eigenvalue weighted by Gasteiger charge is 2.01. The Morgan fingerprint density at radius 2 is 1.75 bits per heavy atom. The minimum absolute atomic E-state index is 0.621. The maximum absolute atomic E-state index is 11.7. The average Bonchev–Trinajstić information content (AvgIpc) is 2.34. The molecule has 3 heteroatoms. The first-order valence-corrected chi connectivity index (χ1v) is 7.38. The summed E-state index contributed by atoms with van der Waals surface area (Å²) in [5.74, 6) is 0. The molecule has 1 atom stereocenters. The van der Waals surface area contributed by atoms with E-state index >= 15 is 0 Å². The Morgan fingerprint density at radius 3 is 2.44 bits per heavy atom. The summed E-state index contributed by atoms with van der Waals surface area (Å²) in [7, 11) is -2.01. The second-order valence-corrected chi connectivity index (χ2v) is 5.36. The predicted octanol–water partition coefficient (Wildman–Crippen LogP) is 3.77. The quantitative estimate of drug-likeness (QED) is 0.510. The maximum Gasteiger partial charge on any atom is 0.220 e. The van der Waals surface area contributed by atoms with Crippen molar-refractivity contribution in [3.05, 3.63) is 30.3 Å². The molecule has 0 aromatic heterocycles. The first-order valence-electron chi connectivity index (χ1n) is 6.06. The molecule has 1 rings (SSSR count). The number of hydrogen-bond acceptors (Lipinski definition) is 2. The van der Waals surface area contributed by atoms with E-state index in [0.717, 1.165) is 11.7 Å². The third kappa shape index (κ3) is 5.48. The monoisotopic (exact) mass is 240 g/mol. The van der Waals surface area contributed by atoms with Crippen molar-refractivity contribution in [3.63, 3.8) is 0 Å². The van der Waals surface area contributed by atoms with E-state index < -0.39 is 8.03 Å². The van der Waals surface area contributed by atoms with Gasteiger partial charge in [-0.1, -0.05) is 50.8 Å². The molecule has 90 valence electrons. The lowest BCUT2D eigenvalue weighted by Gasteiger charge is -2.04. The molecule has 0 aliphatic heterocycles. The van der Waals surface area contributed by atoms with E-state index in [1.807, 2.05) is 30.3 Å². The van der Waals surface area contributed by atoms with Gasteiger partial charge < -0.3 is 4.52 Å². The molecule has 0 spiro atoms. The van der Waals surface area contributed by atoms with Gasteiger partial charge in [0.2, 0.25) is 8.03 Å². The van der Waals surface area contributed by atoms with Crippen molar-refractivity contribution in [1.82, 2.24) is 0 Å². The van der Waals surface area contributed by atoms with E-state index in [9.17, 15) is 4.57 Å². The lowest BCUT2D eigenvalue weighted by atomic mass is 10.2. The van der Waals surface area contributed by atoms with E-state index in [1.54, 1.807) is 0 Å². The molecule has 16 heavy (non-hydrogen) atoms. The van der Waals surface area contributed by atoms with Gasteiger partial charge in [0.25, 0.3) is 0 Å². The Bertz CT molecular complexity index is 298. The van der Waals surface area contributed by atoms with Crippen molar-refractivity contribution in [3.8, 4) is 0 Å². The van der Waals surface area contributed by atoms with Gasteiger partial charge in [-0.05, 0) is 18.6 Å². The third-order valence-corrected chi connectivity index (χ3v) is 3.76. The summed E-state index contributed by atoms with van der Waals surface area (Å²) in [6.07, 6.45) is 5.99. The molecule has 0 radical (unpaired) electrons. The van der Waals surface area contributed by atoms with Crippen LogP contribution in [-0.2, 0) is 9.09 Å². The number of benzene rings is 1. The molecule has 0 N–H and O–H groups in total. The fraction of sp³-hybridized carbons (Fsp3) is 0.538. The molecule has 2 nitrogen and oxygen atoms in total. The van der Waals surface area contributed by atoms with Crippen LogP contribution in [0.15, 0.2) is 30.3 Å². The van der Waals surface area contributed by atoms with Crippen LogP contribution >= 0.6 is 8.03 Å². The van der Waals surface area contributed by atoms with Crippen LogP contribution in [0.3, 0.4) is 0 Å². The standard InChI is InChI=1S/C13H21O2P/c1-2-3-4-5-9-12-15-16(14)13-10-7-6-8-11-13/h6-8,10-11,16H,2-5,9,12H2,1H3. The fourth-order valence-electron chi connectivity index (χ4n) is 1.53. The Kier molecular flexibility index (Phi) is 7.20. The predicted molar refractivity (Wildman–Crippen MR) is 69.8 cm³/mol. The highest BCUT2D eigenvalue weighted by Crippen LogP contribution is 2.21. The van der Waals surface area contributed by atoms with E-state index in [1.165, 1.54) is 25.7 Å². The number of rotatable bonds is 8. The van der Waals surface area contributed by atoms with Crippen molar-refractivity contribution in [2.75, 3.05) is 6.61 Å². The van der Waals surface area contributed by atoms with Crippen molar-refractivity contribution in [2.45, 2.75) is 39.0 Å². The summed E-state index contributed by atoms with van der Waals surface area (Å²) in [6.45, 7) is 2.82. The highest BCUT2D eigenvalue weighted by atomic mass is 31.1. The van der Waals surface area contributed by atoms with Gasteiger partial charge in [-0.3, -0.25) is 4.57 Å². The van der Waals surface area contributed by atoms with Crippen LogP contribution in [0.25, 0.3) is 0 Å². The summed E-state index contributed by atoms with van der Waals surface area (Å²) in [5.41, 5.74) is 0. The zero-order chi connectivity index (χ0) is 11.6. The topological polar surface area (TPSA) is 26.3 Å². The maximum atomic E-state index is 11.7. The van der Waals surface area contributed by atoms with Gasteiger partial charge in [0.1, 0.15) is 0 Å². The number of hydrogen-bond donors (Lipinski definition) is 0. The first kappa shape index (κ1) is 13.5. The molecular formula is C13H21O2P.